The molecule has 16 heavy (non-hydrogen) atoms. The highest BCUT2D eigenvalue weighted by atomic mass is 14.7. The fraction of sp³-hybridized carbons (Fsp3) is 0.250. The lowest BCUT2D eigenvalue weighted by atomic mass is 10.1. The molecule has 0 saturated heterocycles. The summed E-state index contributed by atoms with van der Waals surface area (Å²) in [5.41, 5.74) is 7.37. The molecule has 0 aromatic carbocycles. The molecular weight excluding hydrogens is 200 g/mol. The summed E-state index contributed by atoms with van der Waals surface area (Å²) >= 11 is 0. The summed E-state index contributed by atoms with van der Waals surface area (Å²) in [6.45, 7) is 0. The van der Waals surface area contributed by atoms with E-state index in [1.165, 1.54) is 25.0 Å². The first kappa shape index (κ1) is 10.5. The first-order valence-corrected chi connectivity index (χ1v) is 5.24. The van der Waals surface area contributed by atoms with Gasteiger partial charge in [0.05, 0.1) is 5.71 Å². The van der Waals surface area contributed by atoms with Gasteiger partial charge in [0.1, 0.15) is 5.84 Å². The van der Waals surface area contributed by atoms with Gasteiger partial charge in [-0.15, -0.1) is 0 Å². The van der Waals surface area contributed by atoms with Crippen LogP contribution < -0.4 is 5.73 Å². The average Bonchev–Trinajstić information content (AvgIpc) is 3.10. The van der Waals surface area contributed by atoms with Gasteiger partial charge in [0.25, 0.3) is 0 Å². The normalized spacial score (nSPS) is 15.2. The summed E-state index contributed by atoms with van der Waals surface area (Å²) in [6, 6.07) is 3.87. The number of aromatic nitrogens is 1. The van der Waals surface area contributed by atoms with E-state index in [9.17, 15) is 0 Å². The Kier molecular flexibility index (Phi) is 2.81. The van der Waals surface area contributed by atoms with Crippen LogP contribution in [-0.2, 0) is 0 Å². The Balaban J connectivity index is 2.08. The Bertz CT molecular complexity index is 441. The maximum Gasteiger partial charge on any atom is 0.115 e. The number of allylic oxidation sites excluding steroid dienone is 1. The molecule has 0 atom stereocenters. The molecular formula is C12H14N4. The minimum atomic E-state index is -0.0488. The lowest BCUT2D eigenvalue weighted by molar-refractivity contribution is 1.02. The van der Waals surface area contributed by atoms with Gasteiger partial charge in [-0.05, 0) is 37.1 Å². The third-order valence-electron chi connectivity index (χ3n) is 2.52. The molecule has 0 unspecified atom stereocenters. The van der Waals surface area contributed by atoms with Crippen LogP contribution in [0, 0.1) is 10.8 Å². The molecule has 82 valence electrons. The van der Waals surface area contributed by atoms with Gasteiger partial charge >= 0.3 is 0 Å². The quantitative estimate of drug-likeness (QED) is 0.527. The Hall–Kier alpha value is -1.97. The van der Waals surface area contributed by atoms with Crippen molar-refractivity contribution in [1.82, 2.24) is 4.98 Å². The van der Waals surface area contributed by atoms with Crippen LogP contribution in [0.1, 0.15) is 30.0 Å². The van der Waals surface area contributed by atoms with Crippen molar-refractivity contribution in [3.8, 4) is 0 Å². The first-order chi connectivity index (χ1) is 7.66. The highest BCUT2D eigenvalue weighted by molar-refractivity contribution is 6.09. The molecule has 2 rings (SSSR count). The molecule has 1 aromatic rings. The molecule has 1 aliphatic carbocycles. The number of hydrogen-bond acceptors (Lipinski definition) is 3. The highest BCUT2D eigenvalue weighted by Gasteiger charge is 2.24. The van der Waals surface area contributed by atoms with E-state index in [1.807, 2.05) is 12.1 Å². The zero-order chi connectivity index (χ0) is 11.5. The van der Waals surface area contributed by atoms with Crippen LogP contribution in [0.15, 0.2) is 30.5 Å². The number of hydrogen-bond donors (Lipinski definition) is 3. The number of rotatable bonds is 4. The fourth-order valence-electron chi connectivity index (χ4n) is 1.45. The van der Waals surface area contributed by atoms with Gasteiger partial charge in [-0.1, -0.05) is 0 Å². The van der Waals surface area contributed by atoms with E-state index < -0.39 is 0 Å². The summed E-state index contributed by atoms with van der Waals surface area (Å²) in [5, 5.41) is 14.8. The molecule has 0 bridgehead atoms. The lowest BCUT2D eigenvalue weighted by Crippen LogP contribution is -2.06. The Labute approximate surface area is 94.2 Å². The molecule has 0 radical (unpaired) electrons. The van der Waals surface area contributed by atoms with E-state index in [2.05, 4.69) is 4.98 Å². The van der Waals surface area contributed by atoms with Gasteiger partial charge in [-0.2, -0.15) is 0 Å². The third kappa shape index (κ3) is 2.53. The van der Waals surface area contributed by atoms with Crippen LogP contribution in [0.5, 0.6) is 0 Å². The number of pyridine rings is 1. The second-order valence-electron chi connectivity index (χ2n) is 3.95. The molecule has 0 aliphatic heterocycles. The van der Waals surface area contributed by atoms with E-state index in [0.717, 1.165) is 11.3 Å². The van der Waals surface area contributed by atoms with E-state index in [0.29, 0.717) is 11.6 Å². The Morgan fingerprint density at radius 1 is 1.31 bits per heavy atom. The maximum absolute atomic E-state index is 7.74. The summed E-state index contributed by atoms with van der Waals surface area (Å²) in [5.74, 6) is 0.586. The molecule has 1 heterocycles. The molecule has 1 aromatic heterocycles. The molecule has 4 nitrogen and oxygen atoms in total. The first-order valence-electron chi connectivity index (χ1n) is 5.24. The van der Waals surface area contributed by atoms with Gasteiger partial charge in [0.15, 0.2) is 0 Å². The van der Waals surface area contributed by atoms with Crippen molar-refractivity contribution in [2.45, 2.75) is 18.8 Å². The van der Waals surface area contributed by atoms with Crippen molar-refractivity contribution in [2.75, 3.05) is 0 Å². The fourth-order valence-corrected chi connectivity index (χ4v) is 1.45. The maximum atomic E-state index is 7.74. The summed E-state index contributed by atoms with van der Waals surface area (Å²) < 4.78 is 0. The van der Waals surface area contributed by atoms with Crippen LogP contribution in [-0.4, -0.2) is 16.5 Å². The van der Waals surface area contributed by atoms with E-state index in [-0.39, 0.29) is 5.84 Å². The van der Waals surface area contributed by atoms with Gasteiger partial charge in [-0.25, -0.2) is 0 Å². The van der Waals surface area contributed by atoms with Crippen molar-refractivity contribution in [3.05, 3.63) is 41.7 Å². The van der Waals surface area contributed by atoms with Crippen LogP contribution in [0.4, 0.5) is 0 Å². The van der Waals surface area contributed by atoms with Crippen molar-refractivity contribution in [1.29, 1.82) is 10.8 Å². The van der Waals surface area contributed by atoms with Gasteiger partial charge in [0.2, 0.25) is 0 Å². The van der Waals surface area contributed by atoms with E-state index in [1.54, 1.807) is 6.20 Å². The lowest BCUT2D eigenvalue weighted by Gasteiger charge is -2.00. The zero-order valence-electron chi connectivity index (χ0n) is 8.90. The second-order valence-corrected chi connectivity index (χ2v) is 3.95. The zero-order valence-corrected chi connectivity index (χ0v) is 8.90. The minimum Gasteiger partial charge on any atom is -0.384 e. The van der Waals surface area contributed by atoms with Crippen LogP contribution >= 0.6 is 0 Å². The number of amidine groups is 1. The van der Waals surface area contributed by atoms with Gasteiger partial charge in [-0.3, -0.25) is 10.4 Å². The molecule has 1 aliphatic rings. The van der Waals surface area contributed by atoms with Crippen molar-refractivity contribution in [2.24, 2.45) is 5.73 Å². The monoisotopic (exact) mass is 214 g/mol. The van der Waals surface area contributed by atoms with Crippen LogP contribution in [0.25, 0.3) is 0 Å². The smallest absolute Gasteiger partial charge is 0.115 e. The van der Waals surface area contributed by atoms with Crippen LogP contribution in [0.2, 0.25) is 0 Å². The molecule has 1 saturated carbocycles. The third-order valence-corrected chi connectivity index (χ3v) is 2.52. The van der Waals surface area contributed by atoms with E-state index in [4.69, 9.17) is 16.6 Å². The van der Waals surface area contributed by atoms with Crippen LogP contribution in [0.3, 0.4) is 0 Å². The topological polar surface area (TPSA) is 86.6 Å². The van der Waals surface area contributed by atoms with Gasteiger partial charge < -0.3 is 11.1 Å². The standard InChI is InChI=1S/C12H14N4/c13-10(4-6-12(14)15)9-3-5-11(16-7-9)8-1-2-8/h3-8,13H,1-2H2,(H3,14,15)/b6-4-,13-10?. The second kappa shape index (κ2) is 4.26. The number of nitrogens with two attached hydrogens (primary N) is 1. The SMILES string of the molecule is N=C(N)/C=C\C(=N)c1ccc(C2CC2)nc1. The van der Waals surface area contributed by atoms with Gasteiger partial charge in [0, 0.05) is 23.4 Å². The Morgan fingerprint density at radius 3 is 2.56 bits per heavy atom. The van der Waals surface area contributed by atoms with Crippen molar-refractivity contribution in [3.63, 3.8) is 0 Å². The number of nitrogens with zero attached hydrogens (tertiary/aromatic N) is 1. The van der Waals surface area contributed by atoms with Crippen molar-refractivity contribution >= 4 is 11.5 Å². The predicted molar refractivity (Wildman–Crippen MR) is 64.1 cm³/mol. The Morgan fingerprint density at radius 2 is 2.06 bits per heavy atom. The molecule has 4 heteroatoms. The molecule has 0 amide bonds. The largest absolute Gasteiger partial charge is 0.384 e. The molecule has 4 N–H and O–H groups in total. The average molecular weight is 214 g/mol. The molecule has 1 fully saturated rings. The number of nitrogens with one attached hydrogen (secondary N) is 2. The summed E-state index contributed by atoms with van der Waals surface area (Å²) in [4.78, 5) is 4.33. The minimum absolute atomic E-state index is 0.0488. The van der Waals surface area contributed by atoms with E-state index >= 15 is 0 Å². The predicted octanol–water partition coefficient (Wildman–Crippen LogP) is 1.82. The molecule has 0 spiro atoms. The highest BCUT2D eigenvalue weighted by Crippen LogP contribution is 2.38. The summed E-state index contributed by atoms with van der Waals surface area (Å²) in [6.07, 6.45) is 7.08. The summed E-state index contributed by atoms with van der Waals surface area (Å²) in [7, 11) is 0. The van der Waals surface area contributed by atoms with Crippen molar-refractivity contribution < 1.29 is 0 Å².